The molecule has 1 aliphatic carbocycles. The fraction of sp³-hybridized carbons (Fsp3) is 0.320. The highest BCUT2D eigenvalue weighted by molar-refractivity contribution is 9.10. The summed E-state index contributed by atoms with van der Waals surface area (Å²) in [4.78, 5) is 21.4. The Morgan fingerprint density at radius 1 is 1.15 bits per heavy atom. The van der Waals surface area contributed by atoms with Gasteiger partial charge in [0.1, 0.15) is 23.1 Å². The van der Waals surface area contributed by atoms with Crippen LogP contribution in [0, 0.1) is 11.6 Å². The molecule has 4 rings (SSSR count). The third kappa shape index (κ3) is 6.36. The number of anilines is 1. The maximum atomic E-state index is 14.8. The van der Waals surface area contributed by atoms with Crippen molar-refractivity contribution in [1.29, 1.82) is 0 Å². The van der Waals surface area contributed by atoms with Crippen LogP contribution >= 0.6 is 15.9 Å². The molecule has 1 aliphatic rings. The van der Waals surface area contributed by atoms with Crippen molar-refractivity contribution in [2.45, 2.75) is 44.6 Å². The third-order valence-corrected chi connectivity index (χ3v) is 6.16. The normalized spacial score (nSPS) is 13.7. The average Bonchev–Trinajstić information content (AvgIpc) is 2.84. The van der Waals surface area contributed by atoms with Crippen LogP contribution < -0.4 is 11.1 Å². The smallest absolute Gasteiger partial charge is 0.254 e. The van der Waals surface area contributed by atoms with E-state index in [-0.39, 0.29) is 17.9 Å². The Labute approximate surface area is 205 Å². The van der Waals surface area contributed by atoms with Gasteiger partial charge in [0.25, 0.3) is 5.91 Å². The number of nitrogen functional groups attached to an aromatic ring is 1. The molecule has 4 N–H and O–H groups in total. The molecule has 1 saturated carbocycles. The Balaban J connectivity index is 0.00000158. The Morgan fingerprint density at radius 2 is 1.88 bits per heavy atom. The lowest BCUT2D eigenvalue weighted by Gasteiger charge is -2.21. The molecule has 0 aliphatic heterocycles. The predicted octanol–water partition coefficient (Wildman–Crippen LogP) is 5.35. The number of aromatic nitrogens is 2. The minimum Gasteiger partial charge on any atom is -0.400 e. The van der Waals surface area contributed by atoms with Gasteiger partial charge in [-0.15, -0.1) is 0 Å². The molecule has 0 bridgehead atoms. The maximum absolute atomic E-state index is 14.8. The fourth-order valence-electron chi connectivity index (χ4n) is 4.06. The third-order valence-electron chi connectivity index (χ3n) is 5.71. The second-order valence-electron chi connectivity index (χ2n) is 8.02. The van der Waals surface area contributed by atoms with Crippen LogP contribution in [-0.4, -0.2) is 28.1 Å². The first-order chi connectivity index (χ1) is 16.4. The zero-order valence-electron chi connectivity index (χ0n) is 18.8. The SMILES string of the molecule is CO.Nc1ncc(C2CCCCC2)nc1-c1ccc(C(=O)NCc2cc(F)cc(Br)c2)c(F)c1. The standard InChI is InChI=1S/C24H23BrF2N4O.CH4O/c25-17-8-14(9-18(26)11-17)12-30-24(32)19-7-6-16(10-20(19)27)22-23(28)29-13-21(31-22)15-4-2-1-3-5-15;1-2/h6-11,13,15H,1-5,12H2,(H2,28,29)(H,30,32);2H,1H3. The lowest BCUT2D eigenvalue weighted by Crippen LogP contribution is -2.24. The van der Waals surface area contributed by atoms with Gasteiger partial charge in [-0.1, -0.05) is 41.3 Å². The summed E-state index contributed by atoms with van der Waals surface area (Å²) < 4.78 is 28.9. The number of nitrogens with zero attached hydrogens (tertiary/aromatic N) is 2. The molecule has 0 saturated heterocycles. The number of nitrogens with one attached hydrogen (secondary N) is 1. The van der Waals surface area contributed by atoms with Gasteiger partial charge in [0.15, 0.2) is 0 Å². The Kier molecular flexibility index (Phi) is 9.06. The van der Waals surface area contributed by atoms with Crippen LogP contribution in [0.2, 0.25) is 0 Å². The van der Waals surface area contributed by atoms with Gasteiger partial charge in [-0.2, -0.15) is 0 Å². The summed E-state index contributed by atoms with van der Waals surface area (Å²) in [7, 11) is 1.00. The monoisotopic (exact) mass is 532 g/mol. The van der Waals surface area contributed by atoms with Crippen molar-refractivity contribution in [1.82, 2.24) is 15.3 Å². The van der Waals surface area contributed by atoms with Crippen LogP contribution in [0.15, 0.2) is 47.1 Å². The molecule has 0 unspecified atom stereocenters. The first-order valence-electron chi connectivity index (χ1n) is 11.0. The van der Waals surface area contributed by atoms with Crippen molar-refractivity contribution in [3.8, 4) is 11.3 Å². The summed E-state index contributed by atoms with van der Waals surface area (Å²) in [5.41, 5.74) is 8.23. The number of carbonyl (C=O) groups excluding carboxylic acids is 1. The number of halogens is 3. The summed E-state index contributed by atoms with van der Waals surface area (Å²) in [6.07, 6.45) is 7.39. The molecule has 1 heterocycles. The lowest BCUT2D eigenvalue weighted by atomic mass is 9.87. The first-order valence-corrected chi connectivity index (χ1v) is 11.8. The topological polar surface area (TPSA) is 101 Å². The van der Waals surface area contributed by atoms with Crippen molar-refractivity contribution in [3.63, 3.8) is 0 Å². The summed E-state index contributed by atoms with van der Waals surface area (Å²) in [5, 5.41) is 9.61. The van der Waals surface area contributed by atoms with Gasteiger partial charge >= 0.3 is 0 Å². The van der Waals surface area contributed by atoms with Crippen LogP contribution in [0.25, 0.3) is 11.3 Å². The zero-order valence-corrected chi connectivity index (χ0v) is 20.4. The lowest BCUT2D eigenvalue weighted by molar-refractivity contribution is 0.0947. The fourth-order valence-corrected chi connectivity index (χ4v) is 4.57. The van der Waals surface area contributed by atoms with Gasteiger partial charge in [-0.25, -0.2) is 18.7 Å². The van der Waals surface area contributed by atoms with E-state index in [1.807, 2.05) is 0 Å². The van der Waals surface area contributed by atoms with E-state index in [1.54, 1.807) is 18.3 Å². The molecule has 6 nitrogen and oxygen atoms in total. The molecule has 0 radical (unpaired) electrons. The maximum Gasteiger partial charge on any atom is 0.254 e. The minimum absolute atomic E-state index is 0.0677. The van der Waals surface area contributed by atoms with Crippen molar-refractivity contribution in [3.05, 3.63) is 75.5 Å². The van der Waals surface area contributed by atoms with Crippen LogP contribution in [0.1, 0.15) is 59.6 Å². The van der Waals surface area contributed by atoms with Gasteiger partial charge in [-0.3, -0.25) is 4.79 Å². The number of benzene rings is 2. The molecule has 3 aromatic rings. The van der Waals surface area contributed by atoms with E-state index in [4.69, 9.17) is 10.8 Å². The van der Waals surface area contributed by atoms with E-state index in [2.05, 4.69) is 31.2 Å². The van der Waals surface area contributed by atoms with Crippen LogP contribution in [0.4, 0.5) is 14.6 Å². The number of hydrogen-bond acceptors (Lipinski definition) is 5. The van der Waals surface area contributed by atoms with Crippen molar-refractivity contribution < 1.29 is 18.7 Å². The van der Waals surface area contributed by atoms with E-state index in [0.717, 1.165) is 38.5 Å². The Hall–Kier alpha value is -2.91. The number of aliphatic hydroxyl groups is 1. The highest BCUT2D eigenvalue weighted by Gasteiger charge is 2.20. The summed E-state index contributed by atoms with van der Waals surface area (Å²) in [6.45, 7) is 0.0677. The number of aliphatic hydroxyl groups excluding tert-OH is 1. The quantitative estimate of drug-likeness (QED) is 0.411. The van der Waals surface area contributed by atoms with Gasteiger partial charge < -0.3 is 16.2 Å². The number of nitrogens with two attached hydrogens (primary N) is 1. The van der Waals surface area contributed by atoms with E-state index in [1.165, 1.54) is 30.7 Å². The van der Waals surface area contributed by atoms with Crippen LogP contribution in [0.5, 0.6) is 0 Å². The average molecular weight is 533 g/mol. The molecule has 9 heteroatoms. The number of amides is 1. The Morgan fingerprint density at radius 3 is 2.56 bits per heavy atom. The van der Waals surface area contributed by atoms with Crippen LogP contribution in [-0.2, 0) is 6.54 Å². The molecular weight excluding hydrogens is 506 g/mol. The molecule has 0 spiro atoms. The van der Waals surface area contributed by atoms with E-state index in [9.17, 15) is 13.6 Å². The van der Waals surface area contributed by atoms with Crippen molar-refractivity contribution in [2.75, 3.05) is 12.8 Å². The number of rotatable bonds is 5. The van der Waals surface area contributed by atoms with Gasteiger partial charge in [0.05, 0.1) is 17.5 Å². The predicted molar refractivity (Wildman–Crippen MR) is 131 cm³/mol. The van der Waals surface area contributed by atoms with Gasteiger partial charge in [0, 0.05) is 29.6 Å². The molecule has 1 fully saturated rings. The highest BCUT2D eigenvalue weighted by Crippen LogP contribution is 2.33. The zero-order chi connectivity index (χ0) is 24.7. The second kappa shape index (κ2) is 12.0. The Bertz CT molecular complexity index is 1130. The van der Waals surface area contributed by atoms with Crippen LogP contribution in [0.3, 0.4) is 0 Å². The summed E-state index contributed by atoms with van der Waals surface area (Å²) in [5.74, 6) is -1.14. The molecule has 2 aromatic carbocycles. The van der Waals surface area contributed by atoms with E-state index < -0.39 is 17.5 Å². The number of hydrogen-bond donors (Lipinski definition) is 3. The van der Waals surface area contributed by atoms with Crippen molar-refractivity contribution in [2.24, 2.45) is 0 Å². The molecular formula is C25H27BrF2N4O2. The summed E-state index contributed by atoms with van der Waals surface area (Å²) in [6, 6.07) is 8.58. The van der Waals surface area contributed by atoms with E-state index >= 15 is 0 Å². The molecule has 0 atom stereocenters. The van der Waals surface area contributed by atoms with Gasteiger partial charge in [0.2, 0.25) is 0 Å². The molecule has 1 amide bonds. The largest absolute Gasteiger partial charge is 0.400 e. The van der Waals surface area contributed by atoms with E-state index in [0.29, 0.717) is 27.2 Å². The highest BCUT2D eigenvalue weighted by atomic mass is 79.9. The molecule has 34 heavy (non-hydrogen) atoms. The minimum atomic E-state index is -0.690. The van der Waals surface area contributed by atoms with Gasteiger partial charge in [-0.05, 0) is 48.7 Å². The van der Waals surface area contributed by atoms with Crippen molar-refractivity contribution >= 4 is 27.7 Å². The number of carbonyl (C=O) groups is 1. The second-order valence-corrected chi connectivity index (χ2v) is 8.93. The molecule has 180 valence electrons. The summed E-state index contributed by atoms with van der Waals surface area (Å²) >= 11 is 3.21. The first kappa shape index (κ1) is 25.7. The molecule has 1 aromatic heterocycles.